The molecule has 0 bridgehead atoms. The van der Waals surface area contributed by atoms with Crippen molar-refractivity contribution in [3.05, 3.63) is 53.6 Å². The molecule has 0 atom stereocenters. The normalized spacial score (nSPS) is 13.9. The number of carbonyl (C=O) groups excluding carboxylic acids is 2. The lowest BCUT2D eigenvalue weighted by atomic mass is 10.1. The Balaban J connectivity index is 1.26. The second-order valence-electron chi connectivity index (χ2n) is 8.36. The zero-order chi connectivity index (χ0) is 23.1. The lowest BCUT2D eigenvalue weighted by Crippen LogP contribution is -2.30. The Morgan fingerprint density at radius 3 is 1.94 bits per heavy atom. The third-order valence-electron chi connectivity index (χ3n) is 5.83. The summed E-state index contributed by atoms with van der Waals surface area (Å²) in [5, 5.41) is 0. The van der Waals surface area contributed by atoms with Crippen LogP contribution in [0.4, 0.5) is 0 Å². The smallest absolute Gasteiger partial charge is 0.274 e. The molecule has 9 heteroatoms. The first kappa shape index (κ1) is 24.1. The monoisotopic (exact) mass is 460 g/mol. The van der Waals surface area contributed by atoms with Crippen LogP contribution in [0.3, 0.4) is 0 Å². The van der Waals surface area contributed by atoms with Crippen molar-refractivity contribution >= 4 is 22.0 Å². The highest BCUT2D eigenvalue weighted by Crippen LogP contribution is 2.23. The van der Waals surface area contributed by atoms with Crippen LogP contribution in [-0.2, 0) is 16.6 Å². The zero-order valence-electron chi connectivity index (χ0n) is 18.9. The number of imide groups is 1. The van der Waals surface area contributed by atoms with Crippen molar-refractivity contribution in [2.75, 3.05) is 20.6 Å². The maximum atomic E-state index is 12.3. The number of fused-ring (bicyclic) bond motifs is 1. The molecular weight excluding hydrogens is 428 g/mol. The fourth-order valence-corrected chi connectivity index (χ4v) is 4.91. The molecule has 8 nitrogen and oxygen atoms in total. The Labute approximate surface area is 190 Å². The molecule has 1 aliphatic heterocycles. The molecule has 2 heterocycles. The highest BCUT2D eigenvalue weighted by atomic mass is 32.2. The average molecular weight is 461 g/mol. The Hall–Kier alpha value is -2.52. The minimum absolute atomic E-state index is 0.176. The number of amides is 2. The third-order valence-corrected chi connectivity index (χ3v) is 7.58. The molecule has 0 aliphatic carbocycles. The maximum Gasteiger partial charge on any atom is 0.308 e. The maximum absolute atomic E-state index is 12.3. The summed E-state index contributed by atoms with van der Waals surface area (Å²) in [4.78, 5) is 30.0. The largest absolute Gasteiger partial charge is 0.308 e. The van der Waals surface area contributed by atoms with E-state index in [-0.39, 0.29) is 11.8 Å². The van der Waals surface area contributed by atoms with Gasteiger partial charge in [0.1, 0.15) is 6.33 Å². The molecule has 3 rings (SSSR count). The Morgan fingerprint density at radius 2 is 1.38 bits per heavy atom. The first-order chi connectivity index (χ1) is 15.3. The van der Waals surface area contributed by atoms with E-state index < -0.39 is 10.2 Å². The van der Waals surface area contributed by atoms with Crippen molar-refractivity contribution in [3.63, 3.8) is 0 Å². The van der Waals surface area contributed by atoms with Crippen LogP contribution in [0, 0.1) is 0 Å². The molecule has 2 aromatic rings. The lowest BCUT2D eigenvalue weighted by molar-refractivity contribution is 0.0651. The molecule has 1 aromatic heterocycles. The Morgan fingerprint density at radius 1 is 0.844 bits per heavy atom. The van der Waals surface area contributed by atoms with E-state index >= 15 is 0 Å². The number of aryl methyl sites for hydroxylation is 1. The number of aromatic nitrogens is 2. The second-order valence-corrected chi connectivity index (χ2v) is 10.4. The van der Waals surface area contributed by atoms with Crippen molar-refractivity contribution in [2.24, 2.45) is 0 Å². The molecule has 0 unspecified atom stereocenters. The van der Waals surface area contributed by atoms with Crippen LogP contribution in [0.25, 0.3) is 0 Å². The van der Waals surface area contributed by atoms with Gasteiger partial charge in [0.25, 0.3) is 11.8 Å². The van der Waals surface area contributed by atoms with Gasteiger partial charge in [0.2, 0.25) is 0 Å². The highest BCUT2D eigenvalue weighted by molar-refractivity contribution is 7.87. The number of imidazole rings is 1. The SMILES string of the molecule is CN(C)S(=O)(=O)n1cncc1CCCCCCCCCCN1C(=O)c2ccccc2C1=O. The molecule has 174 valence electrons. The van der Waals surface area contributed by atoms with E-state index in [0.29, 0.717) is 29.8 Å². The first-order valence-corrected chi connectivity index (χ1v) is 12.6. The van der Waals surface area contributed by atoms with E-state index in [0.717, 1.165) is 51.4 Å². The van der Waals surface area contributed by atoms with Gasteiger partial charge in [-0.05, 0) is 31.4 Å². The average Bonchev–Trinajstić information content (AvgIpc) is 3.34. The van der Waals surface area contributed by atoms with E-state index in [1.54, 1.807) is 30.5 Å². The number of carbonyl (C=O) groups is 2. The summed E-state index contributed by atoms with van der Waals surface area (Å²) in [6.07, 6.45) is 11.9. The van der Waals surface area contributed by atoms with E-state index in [4.69, 9.17) is 0 Å². The van der Waals surface area contributed by atoms with Crippen LogP contribution < -0.4 is 0 Å². The van der Waals surface area contributed by atoms with Crippen molar-refractivity contribution in [1.82, 2.24) is 18.2 Å². The quantitative estimate of drug-likeness (QED) is 0.337. The summed E-state index contributed by atoms with van der Waals surface area (Å²) < 4.78 is 27.0. The summed E-state index contributed by atoms with van der Waals surface area (Å²) in [6.45, 7) is 0.482. The number of hydrogen-bond donors (Lipinski definition) is 0. The molecular formula is C23H32N4O4S. The summed E-state index contributed by atoms with van der Waals surface area (Å²) in [7, 11) is -0.485. The molecule has 32 heavy (non-hydrogen) atoms. The van der Waals surface area contributed by atoms with Crippen LogP contribution in [0.5, 0.6) is 0 Å². The Kier molecular flexibility index (Phi) is 8.20. The third kappa shape index (κ3) is 5.45. The van der Waals surface area contributed by atoms with Gasteiger partial charge in [-0.15, -0.1) is 0 Å². The van der Waals surface area contributed by atoms with Gasteiger partial charge in [-0.3, -0.25) is 14.5 Å². The van der Waals surface area contributed by atoms with Crippen LogP contribution in [0.15, 0.2) is 36.8 Å². The molecule has 0 N–H and O–H groups in total. The summed E-state index contributed by atoms with van der Waals surface area (Å²) in [5.74, 6) is -0.351. The first-order valence-electron chi connectivity index (χ1n) is 11.2. The number of hydrogen-bond acceptors (Lipinski definition) is 5. The van der Waals surface area contributed by atoms with Crippen LogP contribution in [-0.4, -0.2) is 59.0 Å². The van der Waals surface area contributed by atoms with Gasteiger partial charge in [0.15, 0.2) is 0 Å². The molecule has 1 aliphatic rings. The van der Waals surface area contributed by atoms with Gasteiger partial charge in [0, 0.05) is 26.8 Å². The number of unbranched alkanes of at least 4 members (excludes halogenated alkanes) is 7. The van der Waals surface area contributed by atoms with Crippen molar-refractivity contribution in [2.45, 2.75) is 57.8 Å². The Bertz CT molecular complexity index is 1010. The topological polar surface area (TPSA) is 92.6 Å². The van der Waals surface area contributed by atoms with Crippen LogP contribution in [0.2, 0.25) is 0 Å². The van der Waals surface area contributed by atoms with Gasteiger partial charge in [-0.1, -0.05) is 50.7 Å². The predicted molar refractivity (Wildman–Crippen MR) is 123 cm³/mol. The molecule has 0 saturated heterocycles. The minimum atomic E-state index is -3.51. The van der Waals surface area contributed by atoms with Crippen molar-refractivity contribution in [1.29, 1.82) is 0 Å². The fraction of sp³-hybridized carbons (Fsp3) is 0.522. The van der Waals surface area contributed by atoms with E-state index in [9.17, 15) is 18.0 Å². The van der Waals surface area contributed by atoms with Crippen molar-refractivity contribution in [3.8, 4) is 0 Å². The lowest BCUT2D eigenvalue weighted by Gasteiger charge is -2.14. The molecule has 0 fully saturated rings. The van der Waals surface area contributed by atoms with Gasteiger partial charge in [-0.25, -0.2) is 8.96 Å². The van der Waals surface area contributed by atoms with Gasteiger partial charge < -0.3 is 0 Å². The number of benzene rings is 1. The summed E-state index contributed by atoms with van der Waals surface area (Å²) in [5.41, 5.74) is 1.74. The van der Waals surface area contributed by atoms with Crippen LogP contribution in [0.1, 0.15) is 77.8 Å². The summed E-state index contributed by atoms with van der Waals surface area (Å²) >= 11 is 0. The molecule has 1 aromatic carbocycles. The molecule has 0 radical (unpaired) electrons. The number of nitrogens with zero attached hydrogens (tertiary/aromatic N) is 4. The van der Waals surface area contributed by atoms with Crippen molar-refractivity contribution < 1.29 is 18.0 Å². The highest BCUT2D eigenvalue weighted by Gasteiger charge is 2.34. The van der Waals surface area contributed by atoms with Gasteiger partial charge >= 0.3 is 10.2 Å². The summed E-state index contributed by atoms with van der Waals surface area (Å²) in [6, 6.07) is 7.00. The minimum Gasteiger partial charge on any atom is -0.274 e. The van der Waals surface area contributed by atoms with Gasteiger partial charge in [0.05, 0.1) is 16.8 Å². The van der Waals surface area contributed by atoms with E-state index in [2.05, 4.69) is 4.98 Å². The van der Waals surface area contributed by atoms with E-state index in [1.165, 1.54) is 33.6 Å². The second kappa shape index (κ2) is 10.9. The number of rotatable bonds is 13. The van der Waals surface area contributed by atoms with Gasteiger partial charge in [-0.2, -0.15) is 12.7 Å². The van der Waals surface area contributed by atoms with Crippen LogP contribution >= 0.6 is 0 Å². The zero-order valence-corrected chi connectivity index (χ0v) is 19.7. The molecule has 2 amide bonds. The molecule has 0 spiro atoms. The fourth-order valence-electron chi connectivity index (χ4n) is 3.95. The van der Waals surface area contributed by atoms with E-state index in [1.807, 2.05) is 0 Å². The standard InChI is InChI=1S/C23H32N4O4S/c1-25(2)32(30,31)27-18-24-17-19(27)13-9-7-5-3-4-6-8-12-16-26-22(28)20-14-10-11-15-21(20)23(26)29/h10-11,14-15,17-18H,3-9,12-13,16H2,1-2H3. The molecule has 0 saturated carbocycles. The predicted octanol–water partition coefficient (Wildman–Crippen LogP) is 3.50.